The molecule has 0 aromatic heterocycles. The lowest BCUT2D eigenvalue weighted by Crippen LogP contribution is -2.47. The second-order valence-corrected chi connectivity index (χ2v) is 8.16. The molecule has 1 aromatic rings. The van der Waals surface area contributed by atoms with Gasteiger partial charge in [0.15, 0.2) is 5.96 Å². The molecule has 1 atom stereocenters. The molecular weight excluding hydrogens is 394 g/mol. The summed E-state index contributed by atoms with van der Waals surface area (Å²) in [5.41, 5.74) is 1.17. The molecule has 0 saturated carbocycles. The van der Waals surface area contributed by atoms with Gasteiger partial charge in [0.1, 0.15) is 12.4 Å². The number of likely N-dealkylation sites (tertiary alicyclic amines) is 1. The zero-order valence-corrected chi connectivity index (χ0v) is 19.2. The number of nitrogens with one attached hydrogen (secondary N) is 1. The summed E-state index contributed by atoms with van der Waals surface area (Å²) >= 11 is 0. The fourth-order valence-electron chi connectivity index (χ4n) is 3.94. The van der Waals surface area contributed by atoms with Crippen molar-refractivity contribution in [2.45, 2.75) is 57.8 Å². The van der Waals surface area contributed by atoms with Gasteiger partial charge in [0.2, 0.25) is 0 Å². The maximum absolute atomic E-state index is 6.15. The first-order valence-corrected chi connectivity index (χ1v) is 11.8. The highest BCUT2D eigenvalue weighted by atomic mass is 16.5. The number of rotatable bonds is 10. The molecule has 31 heavy (non-hydrogen) atoms. The first-order valence-electron chi connectivity index (χ1n) is 11.8. The number of benzene rings is 1. The topological polar surface area (TPSA) is 64.6 Å². The van der Waals surface area contributed by atoms with Crippen molar-refractivity contribution >= 4 is 5.96 Å². The van der Waals surface area contributed by atoms with Gasteiger partial charge in [0, 0.05) is 33.4 Å². The van der Waals surface area contributed by atoms with E-state index in [1.54, 1.807) is 7.11 Å². The van der Waals surface area contributed by atoms with E-state index >= 15 is 0 Å². The summed E-state index contributed by atoms with van der Waals surface area (Å²) in [5.74, 6) is 1.84. The molecule has 2 aliphatic rings. The third-order valence-electron chi connectivity index (χ3n) is 5.76. The third-order valence-corrected chi connectivity index (χ3v) is 5.76. The van der Waals surface area contributed by atoms with Crippen molar-refractivity contribution in [2.24, 2.45) is 4.99 Å². The molecule has 2 aliphatic heterocycles. The van der Waals surface area contributed by atoms with Crippen LogP contribution in [0.25, 0.3) is 0 Å². The summed E-state index contributed by atoms with van der Waals surface area (Å²) in [4.78, 5) is 7.22. The van der Waals surface area contributed by atoms with Crippen LogP contribution in [0.2, 0.25) is 0 Å². The molecule has 0 bridgehead atoms. The van der Waals surface area contributed by atoms with Crippen LogP contribution in [-0.2, 0) is 20.8 Å². The third kappa shape index (κ3) is 8.31. The Labute approximate surface area is 187 Å². The summed E-state index contributed by atoms with van der Waals surface area (Å²) in [6, 6.07) is 8.13. The minimum absolute atomic E-state index is 0.294. The first kappa shape index (κ1) is 23.8. The Kier molecular flexibility index (Phi) is 10.4. The number of hydrogen-bond donors (Lipinski definition) is 1. The van der Waals surface area contributed by atoms with Crippen LogP contribution in [0.15, 0.2) is 29.3 Å². The summed E-state index contributed by atoms with van der Waals surface area (Å²) in [6.07, 6.45) is 6.27. The van der Waals surface area contributed by atoms with E-state index in [-0.39, 0.29) is 0 Å². The lowest BCUT2D eigenvalue weighted by Gasteiger charge is -2.35. The normalized spacial score (nSPS) is 20.6. The van der Waals surface area contributed by atoms with Gasteiger partial charge in [0.25, 0.3) is 0 Å². The quantitative estimate of drug-likeness (QED) is 0.347. The van der Waals surface area contributed by atoms with Gasteiger partial charge in [0.05, 0.1) is 32.0 Å². The Morgan fingerprint density at radius 1 is 1.13 bits per heavy atom. The number of piperidine rings is 1. The molecule has 2 saturated heterocycles. The van der Waals surface area contributed by atoms with Crippen LogP contribution in [0.1, 0.15) is 44.6 Å². The summed E-state index contributed by atoms with van der Waals surface area (Å²) < 4.78 is 22.6. The zero-order chi connectivity index (χ0) is 21.7. The van der Waals surface area contributed by atoms with Gasteiger partial charge in [-0.15, -0.1) is 0 Å². The largest absolute Gasteiger partial charge is 0.491 e. The molecule has 0 aliphatic carbocycles. The Balaban J connectivity index is 1.43. The molecule has 0 spiro atoms. The van der Waals surface area contributed by atoms with Crippen LogP contribution < -0.4 is 10.1 Å². The summed E-state index contributed by atoms with van der Waals surface area (Å²) in [5, 5.41) is 3.44. The molecule has 174 valence electrons. The highest BCUT2D eigenvalue weighted by molar-refractivity contribution is 5.80. The van der Waals surface area contributed by atoms with E-state index in [1.807, 2.05) is 12.1 Å². The van der Waals surface area contributed by atoms with E-state index in [4.69, 9.17) is 23.9 Å². The van der Waals surface area contributed by atoms with Crippen molar-refractivity contribution in [1.82, 2.24) is 10.2 Å². The second-order valence-electron chi connectivity index (χ2n) is 8.16. The molecule has 0 radical (unpaired) electrons. The van der Waals surface area contributed by atoms with E-state index in [0.29, 0.717) is 32.0 Å². The summed E-state index contributed by atoms with van der Waals surface area (Å²) in [7, 11) is 1.67. The highest BCUT2D eigenvalue weighted by Gasteiger charge is 2.23. The van der Waals surface area contributed by atoms with Crippen LogP contribution in [0.4, 0.5) is 0 Å². The Bertz CT molecular complexity index is 639. The van der Waals surface area contributed by atoms with E-state index in [1.165, 1.54) is 18.4 Å². The Morgan fingerprint density at radius 3 is 2.61 bits per heavy atom. The van der Waals surface area contributed by atoms with Crippen molar-refractivity contribution in [3.05, 3.63) is 29.8 Å². The zero-order valence-electron chi connectivity index (χ0n) is 19.2. The van der Waals surface area contributed by atoms with Gasteiger partial charge >= 0.3 is 0 Å². The number of hydrogen-bond acceptors (Lipinski definition) is 5. The average molecular weight is 434 g/mol. The highest BCUT2D eigenvalue weighted by Crippen LogP contribution is 2.18. The van der Waals surface area contributed by atoms with Gasteiger partial charge in [-0.2, -0.15) is 0 Å². The van der Waals surface area contributed by atoms with E-state index < -0.39 is 0 Å². The number of aliphatic imine (C=N–C) groups is 1. The van der Waals surface area contributed by atoms with Crippen molar-refractivity contribution in [3.63, 3.8) is 0 Å². The number of nitrogens with zero attached hydrogens (tertiary/aromatic N) is 2. The van der Waals surface area contributed by atoms with Crippen molar-refractivity contribution in [1.29, 1.82) is 0 Å². The monoisotopic (exact) mass is 433 g/mol. The fraction of sp³-hybridized carbons (Fsp3) is 0.708. The molecule has 7 heteroatoms. The number of methoxy groups -OCH3 is 1. The van der Waals surface area contributed by atoms with E-state index in [0.717, 1.165) is 63.8 Å². The maximum Gasteiger partial charge on any atom is 0.194 e. The molecule has 1 aromatic carbocycles. The van der Waals surface area contributed by atoms with Crippen molar-refractivity contribution < 1.29 is 18.9 Å². The molecule has 7 nitrogen and oxygen atoms in total. The van der Waals surface area contributed by atoms with Crippen LogP contribution in [0.5, 0.6) is 5.75 Å². The van der Waals surface area contributed by atoms with Crippen LogP contribution in [-0.4, -0.2) is 76.2 Å². The molecule has 2 fully saturated rings. The number of guanidine groups is 1. The standard InChI is InChI=1S/C24H39N3O4/c1-3-25-24(26-18-20-7-9-21(10-8-20)30-17-16-28-2)27-13-11-22(12-14-27)31-19-23-6-4-5-15-29-23/h7-10,22-23H,3-6,11-19H2,1-2H3,(H,25,26). The van der Waals surface area contributed by atoms with E-state index in [9.17, 15) is 0 Å². The minimum Gasteiger partial charge on any atom is -0.491 e. The van der Waals surface area contributed by atoms with Crippen molar-refractivity contribution in [2.75, 3.05) is 53.2 Å². The van der Waals surface area contributed by atoms with Gasteiger partial charge in [-0.05, 0) is 56.7 Å². The number of ether oxygens (including phenoxy) is 4. The predicted octanol–water partition coefficient (Wildman–Crippen LogP) is 3.23. The minimum atomic E-state index is 0.294. The van der Waals surface area contributed by atoms with Crippen LogP contribution in [0, 0.1) is 0 Å². The summed E-state index contributed by atoms with van der Waals surface area (Å²) in [6.45, 7) is 8.34. The van der Waals surface area contributed by atoms with Crippen LogP contribution >= 0.6 is 0 Å². The predicted molar refractivity (Wildman–Crippen MR) is 123 cm³/mol. The van der Waals surface area contributed by atoms with Gasteiger partial charge in [-0.3, -0.25) is 0 Å². The van der Waals surface area contributed by atoms with Gasteiger partial charge < -0.3 is 29.2 Å². The van der Waals surface area contributed by atoms with E-state index in [2.05, 4.69) is 29.3 Å². The fourth-order valence-corrected chi connectivity index (χ4v) is 3.94. The van der Waals surface area contributed by atoms with Crippen molar-refractivity contribution in [3.8, 4) is 5.75 Å². The molecule has 0 amide bonds. The Hall–Kier alpha value is -1.83. The first-order chi connectivity index (χ1) is 15.3. The molecular formula is C24H39N3O4. The average Bonchev–Trinajstić information content (AvgIpc) is 2.82. The van der Waals surface area contributed by atoms with Gasteiger partial charge in [-0.25, -0.2) is 4.99 Å². The lowest BCUT2D eigenvalue weighted by atomic mass is 10.1. The van der Waals surface area contributed by atoms with Gasteiger partial charge in [-0.1, -0.05) is 12.1 Å². The molecule has 3 rings (SSSR count). The lowest BCUT2D eigenvalue weighted by molar-refractivity contribution is -0.0721. The molecule has 2 heterocycles. The maximum atomic E-state index is 6.15. The molecule has 1 N–H and O–H groups in total. The molecule has 1 unspecified atom stereocenters. The smallest absolute Gasteiger partial charge is 0.194 e. The second kappa shape index (κ2) is 13.6. The van der Waals surface area contributed by atoms with Crippen LogP contribution in [0.3, 0.4) is 0 Å². The Morgan fingerprint density at radius 2 is 1.94 bits per heavy atom. The SMILES string of the molecule is CCNC(=NCc1ccc(OCCOC)cc1)N1CCC(OCC2CCCCO2)CC1.